The number of ether oxygens (including phenoxy) is 1. The number of nitrogens with one attached hydrogen (secondary N) is 1. The predicted octanol–water partition coefficient (Wildman–Crippen LogP) is 1.94. The fourth-order valence-electron chi connectivity index (χ4n) is 2.41. The van der Waals surface area contributed by atoms with Gasteiger partial charge >= 0.3 is 0 Å². The number of benzene rings is 1. The standard InChI is InChI=1S/C15H20F2N2O2/c1-10(21-12-5-6-13(16)14(17)8-12)15(20)18-9-11-4-3-7-19(11)2/h5-6,8,10-11H,3-4,7,9H2,1-2H3,(H,18,20). The van der Waals surface area contributed by atoms with Gasteiger partial charge in [0.1, 0.15) is 5.75 Å². The van der Waals surface area contributed by atoms with Crippen LogP contribution in [0.15, 0.2) is 18.2 Å². The van der Waals surface area contributed by atoms with Gasteiger partial charge in [0.15, 0.2) is 17.7 Å². The number of carbonyl (C=O) groups is 1. The molecule has 4 nitrogen and oxygen atoms in total. The average molecular weight is 298 g/mol. The Morgan fingerprint density at radius 3 is 2.86 bits per heavy atom. The van der Waals surface area contributed by atoms with Crippen LogP contribution in [0.1, 0.15) is 19.8 Å². The van der Waals surface area contributed by atoms with Crippen LogP contribution in [0.5, 0.6) is 5.75 Å². The van der Waals surface area contributed by atoms with Crippen LogP contribution in [0, 0.1) is 11.6 Å². The molecule has 1 aliphatic heterocycles. The third-order valence-electron chi connectivity index (χ3n) is 3.76. The Bertz CT molecular complexity index is 510. The Hall–Kier alpha value is -1.69. The summed E-state index contributed by atoms with van der Waals surface area (Å²) in [6.45, 7) is 3.19. The molecule has 0 radical (unpaired) electrons. The van der Waals surface area contributed by atoms with Crippen molar-refractivity contribution in [1.29, 1.82) is 0 Å². The third-order valence-corrected chi connectivity index (χ3v) is 3.76. The van der Waals surface area contributed by atoms with Gasteiger partial charge in [0, 0.05) is 18.7 Å². The lowest BCUT2D eigenvalue weighted by molar-refractivity contribution is -0.127. The highest BCUT2D eigenvalue weighted by Crippen LogP contribution is 2.17. The second-order valence-corrected chi connectivity index (χ2v) is 5.36. The summed E-state index contributed by atoms with van der Waals surface area (Å²) in [5, 5.41) is 2.83. The maximum Gasteiger partial charge on any atom is 0.260 e. The number of likely N-dealkylation sites (N-methyl/N-ethyl adjacent to an activating group) is 1. The van der Waals surface area contributed by atoms with E-state index in [9.17, 15) is 13.6 Å². The largest absolute Gasteiger partial charge is 0.481 e. The predicted molar refractivity (Wildman–Crippen MR) is 75.1 cm³/mol. The first-order valence-electron chi connectivity index (χ1n) is 7.07. The molecular formula is C15H20F2N2O2. The first-order valence-corrected chi connectivity index (χ1v) is 7.07. The number of likely N-dealkylation sites (tertiary alicyclic amines) is 1. The van der Waals surface area contributed by atoms with Crippen molar-refractivity contribution in [2.24, 2.45) is 0 Å². The normalized spacial score (nSPS) is 20.3. The molecule has 0 spiro atoms. The number of carbonyl (C=O) groups excluding carboxylic acids is 1. The van der Waals surface area contributed by atoms with E-state index in [1.165, 1.54) is 6.07 Å². The number of nitrogens with zero attached hydrogens (tertiary/aromatic N) is 1. The molecule has 1 N–H and O–H groups in total. The lowest BCUT2D eigenvalue weighted by atomic mass is 10.2. The molecular weight excluding hydrogens is 278 g/mol. The summed E-state index contributed by atoms with van der Waals surface area (Å²) < 4.78 is 31.2. The van der Waals surface area contributed by atoms with Gasteiger partial charge in [0.25, 0.3) is 5.91 Å². The van der Waals surface area contributed by atoms with Crippen molar-refractivity contribution in [1.82, 2.24) is 10.2 Å². The molecule has 0 bridgehead atoms. The lowest BCUT2D eigenvalue weighted by Gasteiger charge is -2.21. The molecule has 2 unspecified atom stereocenters. The molecule has 0 aromatic heterocycles. The van der Waals surface area contributed by atoms with Crippen LogP contribution < -0.4 is 10.1 Å². The molecule has 1 aromatic rings. The number of hydrogen-bond donors (Lipinski definition) is 1. The van der Waals surface area contributed by atoms with Crippen molar-refractivity contribution in [3.8, 4) is 5.75 Å². The van der Waals surface area contributed by atoms with Gasteiger partial charge in [-0.2, -0.15) is 0 Å². The number of rotatable bonds is 5. The van der Waals surface area contributed by atoms with Crippen LogP contribution >= 0.6 is 0 Å². The first kappa shape index (κ1) is 15.7. The van der Waals surface area contributed by atoms with Gasteiger partial charge in [-0.25, -0.2) is 8.78 Å². The van der Waals surface area contributed by atoms with E-state index in [0.717, 1.165) is 31.5 Å². The monoisotopic (exact) mass is 298 g/mol. The Morgan fingerprint density at radius 1 is 1.48 bits per heavy atom. The minimum atomic E-state index is -0.993. The van der Waals surface area contributed by atoms with Gasteiger partial charge in [0.2, 0.25) is 0 Å². The zero-order valence-corrected chi connectivity index (χ0v) is 12.2. The summed E-state index contributed by atoms with van der Waals surface area (Å²) in [5.74, 6) is -2.06. The lowest BCUT2D eigenvalue weighted by Crippen LogP contribution is -2.43. The summed E-state index contributed by atoms with van der Waals surface area (Å²) in [6.07, 6.45) is 1.44. The Morgan fingerprint density at radius 2 is 2.24 bits per heavy atom. The van der Waals surface area contributed by atoms with Crippen molar-refractivity contribution in [3.05, 3.63) is 29.8 Å². The van der Waals surface area contributed by atoms with E-state index in [0.29, 0.717) is 12.6 Å². The van der Waals surface area contributed by atoms with Crippen LogP contribution in [0.3, 0.4) is 0 Å². The minimum Gasteiger partial charge on any atom is -0.481 e. The van der Waals surface area contributed by atoms with Gasteiger partial charge in [-0.15, -0.1) is 0 Å². The summed E-state index contributed by atoms with van der Waals surface area (Å²) in [7, 11) is 2.03. The van der Waals surface area contributed by atoms with E-state index >= 15 is 0 Å². The van der Waals surface area contributed by atoms with Gasteiger partial charge in [0.05, 0.1) is 0 Å². The van der Waals surface area contributed by atoms with Crippen molar-refractivity contribution in [2.75, 3.05) is 20.1 Å². The second kappa shape index (κ2) is 6.85. The highest BCUT2D eigenvalue weighted by Gasteiger charge is 2.23. The molecule has 116 valence electrons. The summed E-state index contributed by atoms with van der Waals surface area (Å²) in [5.41, 5.74) is 0. The van der Waals surface area contributed by atoms with E-state index in [2.05, 4.69) is 10.2 Å². The molecule has 1 aromatic carbocycles. The van der Waals surface area contributed by atoms with Gasteiger partial charge < -0.3 is 15.0 Å². The topological polar surface area (TPSA) is 41.6 Å². The fraction of sp³-hybridized carbons (Fsp3) is 0.533. The molecule has 1 amide bonds. The molecule has 0 aliphatic carbocycles. The Labute approximate surface area is 123 Å². The molecule has 1 fully saturated rings. The smallest absolute Gasteiger partial charge is 0.260 e. The number of amides is 1. The molecule has 0 saturated carbocycles. The van der Waals surface area contributed by atoms with E-state index in [-0.39, 0.29) is 11.7 Å². The van der Waals surface area contributed by atoms with Crippen LogP contribution in [-0.4, -0.2) is 43.1 Å². The average Bonchev–Trinajstić information content (AvgIpc) is 2.85. The first-order chi connectivity index (χ1) is 9.97. The Balaban J connectivity index is 1.83. The quantitative estimate of drug-likeness (QED) is 0.903. The second-order valence-electron chi connectivity index (χ2n) is 5.36. The summed E-state index contributed by atoms with van der Waals surface area (Å²) >= 11 is 0. The molecule has 1 aliphatic rings. The van der Waals surface area contributed by atoms with Gasteiger partial charge in [-0.1, -0.05) is 0 Å². The minimum absolute atomic E-state index is 0.134. The summed E-state index contributed by atoms with van der Waals surface area (Å²) in [4.78, 5) is 14.1. The number of hydrogen-bond acceptors (Lipinski definition) is 3. The molecule has 1 heterocycles. The van der Waals surface area contributed by atoms with Crippen LogP contribution in [0.2, 0.25) is 0 Å². The van der Waals surface area contributed by atoms with Crippen molar-refractivity contribution in [3.63, 3.8) is 0 Å². The highest BCUT2D eigenvalue weighted by atomic mass is 19.2. The molecule has 6 heteroatoms. The third kappa shape index (κ3) is 4.14. The van der Waals surface area contributed by atoms with E-state index in [1.54, 1.807) is 6.92 Å². The zero-order chi connectivity index (χ0) is 15.4. The van der Waals surface area contributed by atoms with E-state index in [1.807, 2.05) is 7.05 Å². The molecule has 21 heavy (non-hydrogen) atoms. The fourth-order valence-corrected chi connectivity index (χ4v) is 2.41. The van der Waals surface area contributed by atoms with Crippen LogP contribution in [0.25, 0.3) is 0 Å². The summed E-state index contributed by atoms with van der Waals surface area (Å²) in [6, 6.07) is 3.56. The zero-order valence-electron chi connectivity index (χ0n) is 12.2. The van der Waals surface area contributed by atoms with Crippen molar-refractivity contribution < 1.29 is 18.3 Å². The maximum atomic E-state index is 13.1. The van der Waals surface area contributed by atoms with E-state index in [4.69, 9.17) is 4.74 Å². The molecule has 2 rings (SSSR count). The van der Waals surface area contributed by atoms with Crippen LogP contribution in [0.4, 0.5) is 8.78 Å². The van der Waals surface area contributed by atoms with Gasteiger partial charge in [-0.3, -0.25) is 4.79 Å². The highest BCUT2D eigenvalue weighted by molar-refractivity contribution is 5.80. The molecule has 2 atom stereocenters. The number of halogens is 2. The van der Waals surface area contributed by atoms with Crippen LogP contribution in [-0.2, 0) is 4.79 Å². The SMILES string of the molecule is CC(Oc1ccc(F)c(F)c1)C(=O)NCC1CCCN1C. The Kier molecular flexibility index (Phi) is 5.12. The van der Waals surface area contributed by atoms with E-state index < -0.39 is 17.7 Å². The maximum absolute atomic E-state index is 13.1. The van der Waals surface area contributed by atoms with Crippen molar-refractivity contribution in [2.45, 2.75) is 31.9 Å². The molecule has 1 saturated heterocycles. The van der Waals surface area contributed by atoms with Gasteiger partial charge in [-0.05, 0) is 45.5 Å². The van der Waals surface area contributed by atoms with Crippen molar-refractivity contribution >= 4 is 5.91 Å².